The van der Waals surface area contributed by atoms with Crippen LogP contribution in [0.5, 0.6) is 0 Å². The number of carbonyl (C=O) groups is 1. The summed E-state index contributed by atoms with van der Waals surface area (Å²) in [5.74, 6) is 1.44. The van der Waals surface area contributed by atoms with E-state index in [0.29, 0.717) is 5.78 Å². The lowest BCUT2D eigenvalue weighted by atomic mass is 9.69. The molecule has 12 heavy (non-hydrogen) atoms. The molecule has 2 fully saturated rings. The molecule has 0 aromatic rings. The minimum Gasteiger partial charge on any atom is -0.299 e. The van der Waals surface area contributed by atoms with Gasteiger partial charge >= 0.3 is 0 Å². The van der Waals surface area contributed by atoms with Gasteiger partial charge in [-0.05, 0) is 44.4 Å². The second-order valence-corrected chi connectivity index (χ2v) is 4.74. The molecule has 1 spiro atoms. The van der Waals surface area contributed by atoms with Crippen LogP contribution in [0.2, 0.25) is 0 Å². The molecule has 0 radical (unpaired) electrons. The Labute approximate surface area is 74.5 Å². The average Bonchev–Trinajstić information content (AvgIpc) is 2.41. The van der Waals surface area contributed by atoms with E-state index in [1.807, 2.05) is 0 Å². The molecule has 0 atom stereocenters. The summed E-state index contributed by atoms with van der Waals surface area (Å²) in [5, 5.41) is 0. The third-order valence-corrected chi connectivity index (χ3v) is 3.88. The molecule has 0 aromatic heterocycles. The summed E-state index contributed by atoms with van der Waals surface area (Å²) in [7, 11) is 0. The van der Waals surface area contributed by atoms with Crippen LogP contribution in [0.4, 0.5) is 0 Å². The lowest BCUT2D eigenvalue weighted by Crippen LogP contribution is -2.30. The number of Topliss-reactive ketones (excluding diaryl/α,β-unsaturated/α-hetero) is 1. The van der Waals surface area contributed by atoms with Crippen molar-refractivity contribution in [3.63, 3.8) is 0 Å². The van der Waals surface area contributed by atoms with Crippen LogP contribution < -0.4 is 0 Å². The Balaban J connectivity index is 2.07. The van der Waals surface area contributed by atoms with Crippen molar-refractivity contribution in [2.45, 2.75) is 51.9 Å². The van der Waals surface area contributed by atoms with E-state index in [2.05, 4.69) is 6.92 Å². The molecule has 0 aliphatic heterocycles. The molecule has 2 aliphatic carbocycles. The molecule has 68 valence electrons. The molecule has 2 saturated carbocycles. The minimum atomic E-state index is 0.173. The molecule has 1 nitrogen and oxygen atoms in total. The summed E-state index contributed by atoms with van der Waals surface area (Å²) < 4.78 is 0. The molecular weight excluding hydrogens is 148 g/mol. The predicted octanol–water partition coefficient (Wildman–Crippen LogP) is 2.94. The average molecular weight is 166 g/mol. The summed E-state index contributed by atoms with van der Waals surface area (Å²) in [4.78, 5) is 11.7. The first-order valence-electron chi connectivity index (χ1n) is 5.26. The zero-order valence-electron chi connectivity index (χ0n) is 7.94. The van der Waals surface area contributed by atoms with Crippen LogP contribution >= 0.6 is 0 Å². The van der Waals surface area contributed by atoms with Crippen LogP contribution in [0, 0.1) is 11.3 Å². The van der Waals surface area contributed by atoms with Crippen molar-refractivity contribution in [1.82, 2.24) is 0 Å². The van der Waals surface area contributed by atoms with Crippen LogP contribution in [-0.4, -0.2) is 5.78 Å². The molecule has 0 N–H and O–H groups in total. The third-order valence-electron chi connectivity index (χ3n) is 3.88. The lowest BCUT2D eigenvalue weighted by molar-refractivity contribution is -0.127. The molecule has 0 bridgehead atoms. The van der Waals surface area contributed by atoms with Gasteiger partial charge in [-0.3, -0.25) is 4.79 Å². The molecule has 0 heterocycles. The maximum atomic E-state index is 11.7. The van der Waals surface area contributed by atoms with Gasteiger partial charge in [-0.1, -0.05) is 6.92 Å². The first-order chi connectivity index (χ1) is 5.73. The Morgan fingerprint density at radius 2 is 1.92 bits per heavy atom. The van der Waals surface area contributed by atoms with Gasteiger partial charge < -0.3 is 0 Å². The summed E-state index contributed by atoms with van der Waals surface area (Å²) in [5.41, 5.74) is 0.173. The highest BCUT2D eigenvalue weighted by molar-refractivity contribution is 5.86. The quantitative estimate of drug-likeness (QED) is 0.540. The maximum Gasteiger partial charge on any atom is 0.139 e. The fourth-order valence-electron chi connectivity index (χ4n) is 2.84. The molecule has 0 aromatic carbocycles. The third kappa shape index (κ3) is 1.19. The smallest absolute Gasteiger partial charge is 0.139 e. The van der Waals surface area contributed by atoms with E-state index in [-0.39, 0.29) is 5.41 Å². The van der Waals surface area contributed by atoms with Crippen LogP contribution in [0.1, 0.15) is 51.9 Å². The van der Waals surface area contributed by atoms with Crippen LogP contribution in [-0.2, 0) is 4.79 Å². The highest BCUT2D eigenvalue weighted by Crippen LogP contribution is 2.47. The topological polar surface area (TPSA) is 17.1 Å². The Bertz CT molecular complexity index is 187. The number of rotatable bonds is 0. The maximum absolute atomic E-state index is 11.7. The SMILES string of the molecule is CC1CCC2(CCCC2=O)CC1. The second-order valence-electron chi connectivity index (χ2n) is 4.74. The van der Waals surface area contributed by atoms with E-state index < -0.39 is 0 Å². The van der Waals surface area contributed by atoms with Crippen molar-refractivity contribution in [3.8, 4) is 0 Å². The van der Waals surface area contributed by atoms with Crippen molar-refractivity contribution in [1.29, 1.82) is 0 Å². The van der Waals surface area contributed by atoms with E-state index in [9.17, 15) is 4.79 Å². The molecule has 1 heteroatoms. The van der Waals surface area contributed by atoms with Gasteiger partial charge in [0.1, 0.15) is 5.78 Å². The standard InChI is InChI=1S/C11H18O/c1-9-4-7-11(8-5-9)6-2-3-10(11)12/h9H,2-8H2,1H3. The van der Waals surface area contributed by atoms with Gasteiger partial charge in [-0.25, -0.2) is 0 Å². The second kappa shape index (κ2) is 2.86. The van der Waals surface area contributed by atoms with Gasteiger partial charge in [0.25, 0.3) is 0 Å². The summed E-state index contributed by atoms with van der Waals surface area (Å²) in [6.45, 7) is 2.31. The van der Waals surface area contributed by atoms with Gasteiger partial charge in [-0.15, -0.1) is 0 Å². The van der Waals surface area contributed by atoms with E-state index in [0.717, 1.165) is 18.8 Å². The number of ketones is 1. The highest BCUT2D eigenvalue weighted by atomic mass is 16.1. The Hall–Kier alpha value is -0.330. The van der Waals surface area contributed by atoms with Crippen molar-refractivity contribution >= 4 is 5.78 Å². The number of carbonyl (C=O) groups excluding carboxylic acids is 1. The lowest BCUT2D eigenvalue weighted by Gasteiger charge is -2.34. The van der Waals surface area contributed by atoms with Crippen molar-refractivity contribution in [2.75, 3.05) is 0 Å². The van der Waals surface area contributed by atoms with Gasteiger partial charge in [0, 0.05) is 11.8 Å². The monoisotopic (exact) mass is 166 g/mol. The summed E-state index contributed by atoms with van der Waals surface area (Å²) in [6.07, 6.45) is 8.16. The molecule has 0 unspecified atom stereocenters. The van der Waals surface area contributed by atoms with E-state index in [1.54, 1.807) is 0 Å². The Morgan fingerprint density at radius 3 is 2.42 bits per heavy atom. The molecule has 2 rings (SSSR count). The number of hydrogen-bond donors (Lipinski definition) is 0. The normalized spacial score (nSPS) is 42.4. The molecule has 0 saturated heterocycles. The molecule has 0 amide bonds. The highest BCUT2D eigenvalue weighted by Gasteiger charge is 2.43. The van der Waals surface area contributed by atoms with Crippen LogP contribution in [0.25, 0.3) is 0 Å². The van der Waals surface area contributed by atoms with Gasteiger partial charge in [0.05, 0.1) is 0 Å². The minimum absolute atomic E-state index is 0.173. The van der Waals surface area contributed by atoms with Crippen LogP contribution in [0.15, 0.2) is 0 Å². The summed E-state index contributed by atoms with van der Waals surface area (Å²) >= 11 is 0. The van der Waals surface area contributed by atoms with Crippen LogP contribution in [0.3, 0.4) is 0 Å². The van der Waals surface area contributed by atoms with Gasteiger partial charge in [0.2, 0.25) is 0 Å². The van der Waals surface area contributed by atoms with Crippen molar-refractivity contribution < 1.29 is 4.79 Å². The van der Waals surface area contributed by atoms with E-state index in [4.69, 9.17) is 0 Å². The first-order valence-corrected chi connectivity index (χ1v) is 5.26. The van der Waals surface area contributed by atoms with E-state index in [1.165, 1.54) is 32.1 Å². The predicted molar refractivity (Wildman–Crippen MR) is 48.9 cm³/mol. The van der Waals surface area contributed by atoms with E-state index >= 15 is 0 Å². The summed E-state index contributed by atoms with van der Waals surface area (Å²) in [6, 6.07) is 0. The number of hydrogen-bond acceptors (Lipinski definition) is 1. The van der Waals surface area contributed by atoms with Crippen molar-refractivity contribution in [2.24, 2.45) is 11.3 Å². The van der Waals surface area contributed by atoms with Crippen molar-refractivity contribution in [3.05, 3.63) is 0 Å². The zero-order chi connectivity index (χ0) is 8.60. The molecule has 2 aliphatic rings. The van der Waals surface area contributed by atoms with Gasteiger partial charge in [0.15, 0.2) is 0 Å². The Kier molecular flexibility index (Phi) is 1.97. The van der Waals surface area contributed by atoms with Gasteiger partial charge in [-0.2, -0.15) is 0 Å². The molecular formula is C11H18O. The fourth-order valence-corrected chi connectivity index (χ4v) is 2.84. The Morgan fingerprint density at radius 1 is 1.25 bits per heavy atom. The zero-order valence-corrected chi connectivity index (χ0v) is 7.94. The largest absolute Gasteiger partial charge is 0.299 e. The fraction of sp³-hybridized carbons (Fsp3) is 0.909. The first kappa shape index (κ1) is 8.28.